The maximum absolute atomic E-state index is 6.24. The van der Waals surface area contributed by atoms with Crippen LogP contribution in [0.4, 0.5) is 0 Å². The van der Waals surface area contributed by atoms with Gasteiger partial charge in [-0.05, 0) is 12.1 Å². The second-order valence-corrected chi connectivity index (χ2v) is 6.43. The molecule has 0 amide bonds. The van der Waals surface area contributed by atoms with Crippen molar-refractivity contribution in [1.82, 2.24) is 25.1 Å². The monoisotopic (exact) mass is 344 g/mol. The van der Waals surface area contributed by atoms with Gasteiger partial charge in [-0.3, -0.25) is 4.90 Å². The molecule has 3 heterocycles. The highest BCUT2D eigenvalue weighted by molar-refractivity contribution is 6.30. The van der Waals surface area contributed by atoms with Crippen LogP contribution < -0.4 is 5.73 Å². The normalized spacial score (nSPS) is 21.4. The summed E-state index contributed by atoms with van der Waals surface area (Å²) >= 11 is 5.91. The van der Waals surface area contributed by atoms with Crippen LogP contribution in [-0.2, 0) is 6.54 Å². The zero-order chi connectivity index (χ0) is 16.5. The molecule has 7 nitrogen and oxygen atoms in total. The molecule has 124 valence electrons. The number of hydrogen-bond donors (Lipinski definition) is 1. The van der Waals surface area contributed by atoms with Crippen molar-refractivity contribution in [2.24, 2.45) is 5.73 Å². The van der Waals surface area contributed by atoms with Crippen molar-refractivity contribution in [3.8, 4) is 11.3 Å². The first-order chi connectivity index (χ1) is 11.7. The Morgan fingerprint density at radius 2 is 2.08 bits per heavy atom. The van der Waals surface area contributed by atoms with Gasteiger partial charge in [0.1, 0.15) is 5.69 Å². The first kappa shape index (κ1) is 15.3. The van der Waals surface area contributed by atoms with Crippen LogP contribution in [0.25, 0.3) is 11.3 Å². The van der Waals surface area contributed by atoms with Crippen molar-refractivity contribution < 1.29 is 4.52 Å². The standard InChI is InChI=1S/C16H17ClN6O/c17-12-3-1-11(2-4-12)15-7-13(24-20-15)8-22-9-14(18)16(10-22)23-6-5-19-21-23/h1-7,14,16H,8-10,18H2/t14-,16+/m1/s1. The minimum absolute atomic E-state index is 0.0188. The van der Waals surface area contributed by atoms with E-state index in [4.69, 9.17) is 21.9 Å². The molecule has 3 aromatic rings. The molecule has 2 atom stereocenters. The van der Waals surface area contributed by atoms with Gasteiger partial charge in [-0.15, -0.1) is 5.10 Å². The van der Waals surface area contributed by atoms with E-state index in [-0.39, 0.29) is 12.1 Å². The molecule has 2 aromatic heterocycles. The molecular weight excluding hydrogens is 328 g/mol. The summed E-state index contributed by atoms with van der Waals surface area (Å²) in [6.07, 6.45) is 3.52. The van der Waals surface area contributed by atoms with E-state index < -0.39 is 0 Å². The first-order valence-corrected chi connectivity index (χ1v) is 8.12. The minimum Gasteiger partial charge on any atom is -0.359 e. The van der Waals surface area contributed by atoms with Crippen LogP contribution in [0, 0.1) is 0 Å². The molecule has 0 radical (unpaired) electrons. The molecule has 1 aromatic carbocycles. The molecule has 24 heavy (non-hydrogen) atoms. The fourth-order valence-corrected chi connectivity index (χ4v) is 3.19. The Morgan fingerprint density at radius 1 is 1.25 bits per heavy atom. The van der Waals surface area contributed by atoms with Crippen molar-refractivity contribution >= 4 is 11.6 Å². The third kappa shape index (κ3) is 3.06. The van der Waals surface area contributed by atoms with E-state index >= 15 is 0 Å². The average molecular weight is 345 g/mol. The van der Waals surface area contributed by atoms with Gasteiger partial charge in [0.25, 0.3) is 0 Å². The summed E-state index contributed by atoms with van der Waals surface area (Å²) in [7, 11) is 0. The van der Waals surface area contributed by atoms with Crippen LogP contribution in [-0.4, -0.2) is 44.2 Å². The van der Waals surface area contributed by atoms with Gasteiger partial charge >= 0.3 is 0 Å². The molecule has 1 aliphatic heterocycles. The average Bonchev–Trinajstić information content (AvgIpc) is 3.30. The van der Waals surface area contributed by atoms with Crippen LogP contribution in [0.3, 0.4) is 0 Å². The number of hydrogen-bond acceptors (Lipinski definition) is 6. The summed E-state index contributed by atoms with van der Waals surface area (Å²) in [5.41, 5.74) is 8.02. The molecule has 1 fully saturated rings. The maximum atomic E-state index is 6.24. The molecule has 1 aliphatic rings. The van der Waals surface area contributed by atoms with Crippen molar-refractivity contribution in [2.45, 2.75) is 18.6 Å². The third-order valence-corrected chi connectivity index (χ3v) is 4.52. The van der Waals surface area contributed by atoms with Gasteiger partial charge in [0.2, 0.25) is 0 Å². The van der Waals surface area contributed by atoms with Crippen LogP contribution in [0.5, 0.6) is 0 Å². The quantitative estimate of drug-likeness (QED) is 0.778. The Bertz CT molecular complexity index is 800. The smallest absolute Gasteiger partial charge is 0.151 e. The molecular formula is C16H17ClN6O. The number of rotatable bonds is 4. The molecule has 8 heteroatoms. The van der Waals surface area contributed by atoms with E-state index in [9.17, 15) is 0 Å². The van der Waals surface area contributed by atoms with Crippen molar-refractivity contribution in [3.05, 3.63) is 53.5 Å². The zero-order valence-corrected chi connectivity index (χ0v) is 13.7. The Hall–Kier alpha value is -2.22. The van der Waals surface area contributed by atoms with Gasteiger partial charge in [-0.1, -0.05) is 34.1 Å². The highest BCUT2D eigenvalue weighted by atomic mass is 35.5. The number of nitrogens with zero attached hydrogens (tertiary/aromatic N) is 5. The lowest BCUT2D eigenvalue weighted by Crippen LogP contribution is -2.31. The van der Waals surface area contributed by atoms with Gasteiger partial charge in [0.05, 0.1) is 18.8 Å². The van der Waals surface area contributed by atoms with E-state index in [1.54, 1.807) is 6.20 Å². The van der Waals surface area contributed by atoms with E-state index in [0.29, 0.717) is 11.6 Å². The van der Waals surface area contributed by atoms with Gasteiger partial charge < -0.3 is 10.3 Å². The largest absolute Gasteiger partial charge is 0.359 e. The number of benzene rings is 1. The Balaban J connectivity index is 1.44. The van der Waals surface area contributed by atoms with Gasteiger partial charge in [-0.2, -0.15) is 0 Å². The fourth-order valence-electron chi connectivity index (χ4n) is 3.06. The Labute approximate surface area is 144 Å². The SMILES string of the molecule is N[C@@H]1CN(Cc2cc(-c3ccc(Cl)cc3)no2)C[C@@H]1n1ccnn1. The number of halogens is 1. The Kier molecular flexibility index (Phi) is 4.05. The summed E-state index contributed by atoms with van der Waals surface area (Å²) in [6.45, 7) is 2.25. The molecule has 1 saturated heterocycles. The molecule has 0 spiro atoms. The van der Waals surface area contributed by atoms with Crippen LogP contribution in [0.1, 0.15) is 11.8 Å². The molecule has 0 saturated carbocycles. The molecule has 0 unspecified atom stereocenters. The minimum atomic E-state index is 0.0188. The van der Waals surface area contributed by atoms with Crippen molar-refractivity contribution in [1.29, 1.82) is 0 Å². The number of nitrogens with two attached hydrogens (primary N) is 1. The molecule has 0 aliphatic carbocycles. The lowest BCUT2D eigenvalue weighted by molar-refractivity contribution is 0.263. The fraction of sp³-hybridized carbons (Fsp3) is 0.312. The highest BCUT2D eigenvalue weighted by Gasteiger charge is 2.32. The van der Waals surface area contributed by atoms with Gasteiger partial charge in [0.15, 0.2) is 5.76 Å². The summed E-state index contributed by atoms with van der Waals surface area (Å²) in [6, 6.07) is 9.64. The number of aromatic nitrogens is 4. The highest BCUT2D eigenvalue weighted by Crippen LogP contribution is 2.24. The second kappa shape index (κ2) is 6.35. The summed E-state index contributed by atoms with van der Waals surface area (Å²) in [4.78, 5) is 2.24. The third-order valence-electron chi connectivity index (χ3n) is 4.27. The predicted octanol–water partition coefficient (Wildman–Crippen LogP) is 1.97. The van der Waals surface area contributed by atoms with E-state index in [2.05, 4.69) is 20.4 Å². The van der Waals surface area contributed by atoms with Gasteiger partial charge in [0, 0.05) is 42.0 Å². The molecule has 2 N–H and O–H groups in total. The first-order valence-electron chi connectivity index (χ1n) is 7.74. The van der Waals surface area contributed by atoms with Crippen molar-refractivity contribution in [2.75, 3.05) is 13.1 Å². The predicted molar refractivity (Wildman–Crippen MR) is 89.3 cm³/mol. The molecule has 0 bridgehead atoms. The van der Waals surface area contributed by atoms with Crippen LogP contribution in [0.15, 0.2) is 47.2 Å². The van der Waals surface area contributed by atoms with Crippen molar-refractivity contribution in [3.63, 3.8) is 0 Å². The van der Waals surface area contributed by atoms with Crippen LogP contribution >= 0.6 is 11.6 Å². The lowest BCUT2D eigenvalue weighted by Gasteiger charge is -2.14. The number of likely N-dealkylation sites (tertiary alicyclic amines) is 1. The Morgan fingerprint density at radius 3 is 2.83 bits per heavy atom. The topological polar surface area (TPSA) is 86.0 Å². The summed E-state index contributed by atoms with van der Waals surface area (Å²) in [5, 5.41) is 12.8. The van der Waals surface area contributed by atoms with E-state index in [1.165, 1.54) is 0 Å². The summed E-state index contributed by atoms with van der Waals surface area (Å²) < 4.78 is 7.30. The van der Waals surface area contributed by atoms with E-state index in [1.807, 2.05) is 41.2 Å². The molecule has 4 rings (SSSR count). The lowest BCUT2D eigenvalue weighted by atomic mass is 10.1. The zero-order valence-electron chi connectivity index (χ0n) is 12.9. The van der Waals surface area contributed by atoms with E-state index in [0.717, 1.165) is 30.1 Å². The second-order valence-electron chi connectivity index (χ2n) is 5.99. The van der Waals surface area contributed by atoms with Gasteiger partial charge in [-0.25, -0.2) is 4.68 Å². The summed E-state index contributed by atoms with van der Waals surface area (Å²) in [5.74, 6) is 0.811. The maximum Gasteiger partial charge on any atom is 0.151 e. The van der Waals surface area contributed by atoms with Crippen LogP contribution in [0.2, 0.25) is 5.02 Å².